The van der Waals surface area contributed by atoms with Gasteiger partial charge < -0.3 is 20.3 Å². The van der Waals surface area contributed by atoms with Crippen molar-refractivity contribution in [3.05, 3.63) is 126 Å². The third kappa shape index (κ3) is 7.96. The van der Waals surface area contributed by atoms with Crippen molar-refractivity contribution in [2.75, 3.05) is 24.4 Å². The molecule has 4 aromatic carbocycles. The Balaban J connectivity index is 1.26. The summed E-state index contributed by atoms with van der Waals surface area (Å²) in [6.07, 6.45) is 1.90. The van der Waals surface area contributed by atoms with Crippen LogP contribution in [0.15, 0.2) is 109 Å². The van der Waals surface area contributed by atoms with Crippen molar-refractivity contribution in [3.63, 3.8) is 0 Å². The number of amides is 3. The number of aromatic nitrogens is 3. The van der Waals surface area contributed by atoms with E-state index in [2.05, 4.69) is 20.9 Å². The van der Waals surface area contributed by atoms with Crippen LogP contribution in [0.2, 0.25) is 0 Å². The van der Waals surface area contributed by atoms with Crippen molar-refractivity contribution in [1.29, 1.82) is 0 Å². The van der Waals surface area contributed by atoms with Gasteiger partial charge in [0.15, 0.2) is 0 Å². The molecule has 1 heterocycles. The van der Waals surface area contributed by atoms with Crippen molar-refractivity contribution >= 4 is 29.1 Å². The summed E-state index contributed by atoms with van der Waals surface area (Å²) in [5.41, 5.74) is 3.35. The Hall–Kier alpha value is -5.84. The molecule has 0 radical (unpaired) electrons. The normalized spacial score (nSPS) is 11.4. The third-order valence-electron chi connectivity index (χ3n) is 7.05. The number of nitrogens with zero attached hydrogens (tertiary/aromatic N) is 4. The Kier molecular flexibility index (Phi) is 9.58. The average molecular weight is 607 g/mol. The highest BCUT2D eigenvalue weighted by Crippen LogP contribution is 2.22. The minimum Gasteiger partial charge on any atom is -0.497 e. The predicted molar refractivity (Wildman–Crippen MR) is 168 cm³/mol. The molecule has 1 atom stereocenters. The van der Waals surface area contributed by atoms with E-state index in [1.54, 1.807) is 68.9 Å². The van der Waals surface area contributed by atoms with Crippen LogP contribution in [0.3, 0.4) is 0 Å². The lowest BCUT2D eigenvalue weighted by molar-refractivity contribution is -0.127. The standard InChI is InChI=1S/C34H31FN6O4/c1-40(28-14-16-29(45-2)17-15-28)34(44)30(18-23-8-4-3-5-9-23)37-32(42)22-41-21-31(38-39-41)24-10-7-13-27(20-24)36-33(43)25-11-6-12-26(35)19-25/h3-17,19-21,30H,18,22H2,1-2H3,(H,36,43)(H,37,42). The van der Waals surface area contributed by atoms with Crippen LogP contribution in [0.5, 0.6) is 5.75 Å². The number of rotatable bonds is 11. The molecule has 0 aliphatic heterocycles. The number of likely N-dealkylation sites (N-methyl/N-ethyl adjacent to an activating group) is 1. The molecule has 0 saturated carbocycles. The fraction of sp³-hybridized carbons (Fsp3) is 0.147. The van der Waals surface area contributed by atoms with Gasteiger partial charge in [-0.15, -0.1) is 5.10 Å². The summed E-state index contributed by atoms with van der Waals surface area (Å²) in [7, 11) is 3.23. The van der Waals surface area contributed by atoms with E-state index in [-0.39, 0.29) is 18.0 Å². The molecule has 11 heteroatoms. The van der Waals surface area contributed by atoms with E-state index < -0.39 is 23.7 Å². The van der Waals surface area contributed by atoms with Gasteiger partial charge in [0.2, 0.25) is 11.8 Å². The highest BCUT2D eigenvalue weighted by atomic mass is 19.1. The maximum absolute atomic E-state index is 13.6. The van der Waals surface area contributed by atoms with Crippen molar-refractivity contribution in [3.8, 4) is 17.0 Å². The Labute approximate surface area is 259 Å². The van der Waals surface area contributed by atoms with E-state index in [1.165, 1.54) is 27.8 Å². The molecule has 0 aliphatic carbocycles. The third-order valence-corrected chi connectivity index (χ3v) is 7.05. The monoisotopic (exact) mass is 606 g/mol. The van der Waals surface area contributed by atoms with Crippen molar-refractivity contribution in [2.24, 2.45) is 0 Å². The maximum atomic E-state index is 13.6. The molecule has 228 valence electrons. The first-order chi connectivity index (χ1) is 21.8. The highest BCUT2D eigenvalue weighted by molar-refractivity contribution is 6.04. The van der Waals surface area contributed by atoms with Gasteiger partial charge in [0, 0.05) is 36.0 Å². The van der Waals surface area contributed by atoms with Crippen molar-refractivity contribution in [1.82, 2.24) is 20.3 Å². The highest BCUT2D eigenvalue weighted by Gasteiger charge is 2.26. The second-order valence-electron chi connectivity index (χ2n) is 10.3. The molecule has 1 aromatic heterocycles. The topological polar surface area (TPSA) is 118 Å². The SMILES string of the molecule is COc1ccc(N(C)C(=O)C(Cc2ccccc2)NC(=O)Cn2cc(-c3cccc(NC(=O)c4cccc(F)c4)c3)nn2)cc1. The summed E-state index contributed by atoms with van der Waals surface area (Å²) in [4.78, 5) is 40.8. The first kappa shape index (κ1) is 30.6. The number of hydrogen-bond donors (Lipinski definition) is 2. The predicted octanol–water partition coefficient (Wildman–Crippen LogP) is 4.74. The van der Waals surface area contributed by atoms with E-state index in [4.69, 9.17) is 4.74 Å². The van der Waals surface area contributed by atoms with E-state index in [9.17, 15) is 18.8 Å². The Morgan fingerprint density at radius 1 is 0.933 bits per heavy atom. The fourth-order valence-electron chi connectivity index (χ4n) is 4.70. The molecule has 1 unspecified atom stereocenters. The number of carbonyl (C=O) groups is 3. The Morgan fingerprint density at radius 3 is 2.42 bits per heavy atom. The summed E-state index contributed by atoms with van der Waals surface area (Å²) in [5, 5.41) is 13.9. The molecule has 45 heavy (non-hydrogen) atoms. The molecule has 3 amide bonds. The van der Waals surface area contributed by atoms with Gasteiger partial charge in [-0.2, -0.15) is 0 Å². The molecule has 5 aromatic rings. The van der Waals surface area contributed by atoms with Gasteiger partial charge in [-0.05, 0) is 60.2 Å². The van der Waals surface area contributed by atoms with Crippen LogP contribution in [-0.2, 0) is 22.6 Å². The second-order valence-corrected chi connectivity index (χ2v) is 10.3. The second kappa shape index (κ2) is 14.1. The summed E-state index contributed by atoms with van der Waals surface area (Å²) < 4.78 is 20.1. The first-order valence-electron chi connectivity index (χ1n) is 14.1. The lowest BCUT2D eigenvalue weighted by atomic mass is 10.0. The summed E-state index contributed by atoms with van der Waals surface area (Å²) in [6.45, 7) is -0.173. The molecule has 10 nitrogen and oxygen atoms in total. The molecular weight excluding hydrogens is 575 g/mol. The lowest BCUT2D eigenvalue weighted by Gasteiger charge is -2.25. The van der Waals surface area contributed by atoms with Crippen molar-refractivity contribution < 1.29 is 23.5 Å². The zero-order chi connectivity index (χ0) is 31.8. The number of methoxy groups -OCH3 is 1. The minimum atomic E-state index is -0.839. The average Bonchev–Trinajstić information content (AvgIpc) is 3.52. The number of carbonyl (C=O) groups excluding carboxylic acids is 3. The van der Waals surface area contributed by atoms with Crippen LogP contribution in [-0.4, -0.2) is 52.9 Å². The van der Waals surface area contributed by atoms with Gasteiger partial charge in [0.25, 0.3) is 5.91 Å². The summed E-state index contributed by atoms with van der Waals surface area (Å²) in [5.74, 6) is -0.990. The molecule has 0 fully saturated rings. The van der Waals surface area contributed by atoms with Gasteiger partial charge in [0.05, 0.1) is 13.3 Å². The van der Waals surface area contributed by atoms with E-state index >= 15 is 0 Å². The molecular formula is C34H31FN6O4. The van der Waals surface area contributed by atoms with Crippen LogP contribution >= 0.6 is 0 Å². The summed E-state index contributed by atoms with van der Waals surface area (Å²) in [6, 6.07) is 28.0. The van der Waals surface area contributed by atoms with Gasteiger partial charge >= 0.3 is 0 Å². The van der Waals surface area contributed by atoms with Gasteiger partial charge in [0.1, 0.15) is 29.8 Å². The van der Waals surface area contributed by atoms with Crippen molar-refractivity contribution in [2.45, 2.75) is 19.0 Å². The zero-order valence-electron chi connectivity index (χ0n) is 24.7. The number of benzene rings is 4. The van der Waals surface area contributed by atoms with Crippen LogP contribution in [0.25, 0.3) is 11.3 Å². The van der Waals surface area contributed by atoms with Crippen LogP contribution in [0.1, 0.15) is 15.9 Å². The van der Waals surface area contributed by atoms with Crippen LogP contribution in [0.4, 0.5) is 15.8 Å². The molecule has 0 saturated heterocycles. The smallest absolute Gasteiger partial charge is 0.255 e. The maximum Gasteiger partial charge on any atom is 0.255 e. The quantitative estimate of drug-likeness (QED) is 0.224. The molecule has 5 rings (SSSR count). The van der Waals surface area contributed by atoms with Gasteiger partial charge in [-0.25, -0.2) is 9.07 Å². The first-order valence-corrected chi connectivity index (χ1v) is 14.1. The number of hydrogen-bond acceptors (Lipinski definition) is 6. The number of ether oxygens (including phenoxy) is 1. The molecule has 2 N–H and O–H groups in total. The Morgan fingerprint density at radius 2 is 1.69 bits per heavy atom. The number of halogens is 1. The largest absolute Gasteiger partial charge is 0.497 e. The van der Waals surface area contributed by atoms with E-state index in [1.807, 2.05) is 30.3 Å². The van der Waals surface area contributed by atoms with Crippen LogP contribution < -0.4 is 20.3 Å². The fourth-order valence-corrected chi connectivity index (χ4v) is 4.70. The molecule has 0 aliphatic rings. The number of nitrogens with one attached hydrogen (secondary N) is 2. The van der Waals surface area contributed by atoms with Gasteiger partial charge in [-0.1, -0.05) is 53.7 Å². The Bertz CT molecular complexity index is 1790. The minimum absolute atomic E-state index is 0.173. The van der Waals surface area contributed by atoms with Crippen LogP contribution in [0, 0.1) is 5.82 Å². The van der Waals surface area contributed by atoms with E-state index in [0.29, 0.717) is 34.8 Å². The van der Waals surface area contributed by atoms with Gasteiger partial charge in [-0.3, -0.25) is 14.4 Å². The summed E-state index contributed by atoms with van der Waals surface area (Å²) >= 11 is 0. The number of anilines is 2. The lowest BCUT2D eigenvalue weighted by Crippen LogP contribution is -2.49. The van der Waals surface area contributed by atoms with E-state index in [0.717, 1.165) is 11.6 Å². The molecule has 0 spiro atoms. The zero-order valence-corrected chi connectivity index (χ0v) is 24.7. The molecule has 0 bridgehead atoms.